The highest BCUT2D eigenvalue weighted by Gasteiger charge is 1.74. The smallest absolute Gasteiger partial charge is 0.0751 e. The maximum Gasteiger partial charge on any atom is 0.0751 e. The maximum atomic E-state index is 8.25. The monoisotopic (exact) mass is 138 g/mol. The van der Waals surface area contributed by atoms with Crippen LogP contribution in [0.5, 0.6) is 0 Å². The van der Waals surface area contributed by atoms with Crippen molar-refractivity contribution in [1.82, 2.24) is 0 Å². The fourth-order valence-electron chi connectivity index (χ4n) is 0.577. The first-order chi connectivity index (χ1) is 4.91. The second kappa shape index (κ2) is 8.02. The Morgan fingerprint density at radius 3 is 2.40 bits per heavy atom. The molecule has 1 heteroatoms. The zero-order valence-corrected chi connectivity index (χ0v) is 6.16. The van der Waals surface area contributed by atoms with Crippen molar-refractivity contribution in [3.05, 3.63) is 37.1 Å². The van der Waals surface area contributed by atoms with E-state index >= 15 is 0 Å². The lowest BCUT2D eigenvalue weighted by Gasteiger charge is -1.83. The standard InChI is InChI=1S/C9H14O/c1-2-3-4-5-6-7-8-9-10/h2,4-5,8-10H,1,3,6-7H2/b5-4+,9-8+. The van der Waals surface area contributed by atoms with Crippen LogP contribution in [0.3, 0.4) is 0 Å². The Hall–Kier alpha value is -0.980. The quantitative estimate of drug-likeness (QED) is 0.352. The van der Waals surface area contributed by atoms with Crippen LogP contribution in [0.25, 0.3) is 0 Å². The number of unbranched alkanes of at least 4 members (excludes halogenated alkanes) is 1. The minimum atomic E-state index is 0.907. The Bertz CT molecular complexity index is 123. The molecule has 0 aromatic heterocycles. The van der Waals surface area contributed by atoms with Gasteiger partial charge in [0, 0.05) is 0 Å². The lowest BCUT2D eigenvalue weighted by Crippen LogP contribution is -1.64. The van der Waals surface area contributed by atoms with Gasteiger partial charge in [0.2, 0.25) is 0 Å². The van der Waals surface area contributed by atoms with E-state index in [4.69, 9.17) is 5.11 Å². The van der Waals surface area contributed by atoms with Crippen molar-refractivity contribution in [2.45, 2.75) is 19.3 Å². The zero-order valence-electron chi connectivity index (χ0n) is 6.16. The third kappa shape index (κ3) is 7.02. The number of aliphatic hydroxyl groups is 1. The second-order valence-electron chi connectivity index (χ2n) is 1.96. The van der Waals surface area contributed by atoms with E-state index in [0.29, 0.717) is 0 Å². The highest BCUT2D eigenvalue weighted by Crippen LogP contribution is 1.93. The van der Waals surface area contributed by atoms with Gasteiger partial charge in [0.25, 0.3) is 0 Å². The first kappa shape index (κ1) is 9.02. The fraction of sp³-hybridized carbons (Fsp3) is 0.333. The number of rotatable bonds is 5. The molecular weight excluding hydrogens is 124 g/mol. The number of allylic oxidation sites excluding steroid dienone is 4. The minimum Gasteiger partial charge on any atom is -0.516 e. The molecule has 10 heavy (non-hydrogen) atoms. The van der Waals surface area contributed by atoms with E-state index in [2.05, 4.69) is 18.7 Å². The molecule has 0 aliphatic heterocycles. The van der Waals surface area contributed by atoms with Crippen molar-refractivity contribution in [2.75, 3.05) is 0 Å². The molecule has 0 spiro atoms. The summed E-state index contributed by atoms with van der Waals surface area (Å²) in [6.07, 6.45) is 11.7. The first-order valence-electron chi connectivity index (χ1n) is 3.47. The van der Waals surface area contributed by atoms with Gasteiger partial charge in [-0.3, -0.25) is 0 Å². The zero-order chi connectivity index (χ0) is 7.66. The van der Waals surface area contributed by atoms with Crippen LogP contribution in [0.2, 0.25) is 0 Å². The molecule has 56 valence electrons. The van der Waals surface area contributed by atoms with Crippen molar-refractivity contribution in [3.8, 4) is 0 Å². The summed E-state index contributed by atoms with van der Waals surface area (Å²) in [5.74, 6) is 0. The number of hydrogen-bond donors (Lipinski definition) is 1. The van der Waals surface area contributed by atoms with Crippen LogP contribution < -0.4 is 0 Å². The Kier molecular flexibility index (Phi) is 7.23. The largest absolute Gasteiger partial charge is 0.516 e. The summed E-state index contributed by atoms with van der Waals surface area (Å²) in [6, 6.07) is 0. The van der Waals surface area contributed by atoms with E-state index in [9.17, 15) is 0 Å². The van der Waals surface area contributed by atoms with Crippen LogP contribution in [0, 0.1) is 0 Å². The molecule has 0 heterocycles. The van der Waals surface area contributed by atoms with Gasteiger partial charge >= 0.3 is 0 Å². The molecule has 0 aliphatic carbocycles. The van der Waals surface area contributed by atoms with Crippen molar-refractivity contribution in [1.29, 1.82) is 0 Å². The van der Waals surface area contributed by atoms with Gasteiger partial charge in [0.15, 0.2) is 0 Å². The Balaban J connectivity index is 3.09. The summed E-state index contributed by atoms with van der Waals surface area (Å²) >= 11 is 0. The predicted octanol–water partition coefficient (Wildman–Crippen LogP) is 2.97. The van der Waals surface area contributed by atoms with Crippen LogP contribution in [0.4, 0.5) is 0 Å². The van der Waals surface area contributed by atoms with E-state index in [0.717, 1.165) is 25.5 Å². The predicted molar refractivity (Wildman–Crippen MR) is 45.0 cm³/mol. The molecule has 1 nitrogen and oxygen atoms in total. The molecule has 0 bridgehead atoms. The van der Waals surface area contributed by atoms with Crippen LogP contribution >= 0.6 is 0 Å². The van der Waals surface area contributed by atoms with Gasteiger partial charge in [-0.05, 0) is 25.3 Å². The Morgan fingerprint density at radius 1 is 1.10 bits per heavy atom. The van der Waals surface area contributed by atoms with E-state index in [-0.39, 0.29) is 0 Å². The molecule has 0 radical (unpaired) electrons. The molecule has 0 saturated carbocycles. The van der Waals surface area contributed by atoms with Gasteiger partial charge in [-0.15, -0.1) is 6.58 Å². The van der Waals surface area contributed by atoms with Crippen LogP contribution in [-0.4, -0.2) is 5.11 Å². The number of hydrogen-bond acceptors (Lipinski definition) is 1. The molecule has 1 N–H and O–H groups in total. The summed E-state index contributed by atoms with van der Waals surface area (Å²) in [5.41, 5.74) is 0. The van der Waals surface area contributed by atoms with Crippen LogP contribution in [-0.2, 0) is 0 Å². The highest BCUT2D eigenvalue weighted by atomic mass is 16.2. The van der Waals surface area contributed by atoms with Crippen LogP contribution in [0.1, 0.15) is 19.3 Å². The fourth-order valence-corrected chi connectivity index (χ4v) is 0.577. The summed E-state index contributed by atoms with van der Waals surface area (Å²) < 4.78 is 0. The number of aliphatic hydroxyl groups excluding tert-OH is 1. The van der Waals surface area contributed by atoms with Gasteiger partial charge in [-0.1, -0.05) is 18.2 Å². The molecule has 0 saturated heterocycles. The SMILES string of the molecule is C=CC/C=C/CC/C=C/O. The van der Waals surface area contributed by atoms with E-state index in [1.807, 2.05) is 6.08 Å². The highest BCUT2D eigenvalue weighted by molar-refractivity contribution is 4.89. The van der Waals surface area contributed by atoms with Gasteiger partial charge in [0.05, 0.1) is 6.26 Å². The summed E-state index contributed by atoms with van der Waals surface area (Å²) in [5, 5.41) is 8.25. The molecule has 0 atom stereocenters. The summed E-state index contributed by atoms with van der Waals surface area (Å²) in [7, 11) is 0. The maximum absolute atomic E-state index is 8.25. The third-order valence-corrected chi connectivity index (χ3v) is 1.07. The third-order valence-electron chi connectivity index (χ3n) is 1.07. The van der Waals surface area contributed by atoms with E-state index in [1.165, 1.54) is 0 Å². The van der Waals surface area contributed by atoms with Crippen LogP contribution in [0.15, 0.2) is 37.1 Å². The average molecular weight is 138 g/mol. The normalized spacial score (nSPS) is 11.2. The topological polar surface area (TPSA) is 20.2 Å². The molecule has 0 unspecified atom stereocenters. The molecular formula is C9H14O. The molecule has 0 fully saturated rings. The van der Waals surface area contributed by atoms with Crippen molar-refractivity contribution < 1.29 is 5.11 Å². The Morgan fingerprint density at radius 2 is 1.80 bits per heavy atom. The Labute approximate surface area is 62.4 Å². The van der Waals surface area contributed by atoms with E-state index < -0.39 is 0 Å². The molecule has 0 rings (SSSR count). The van der Waals surface area contributed by atoms with Gasteiger partial charge < -0.3 is 5.11 Å². The lowest BCUT2D eigenvalue weighted by atomic mass is 10.2. The minimum absolute atomic E-state index is 0.907. The first-order valence-corrected chi connectivity index (χ1v) is 3.47. The van der Waals surface area contributed by atoms with E-state index in [1.54, 1.807) is 6.08 Å². The summed E-state index contributed by atoms with van der Waals surface area (Å²) in [4.78, 5) is 0. The van der Waals surface area contributed by atoms with Crippen molar-refractivity contribution in [3.63, 3.8) is 0 Å². The average Bonchev–Trinajstić information content (AvgIpc) is 1.97. The second-order valence-corrected chi connectivity index (χ2v) is 1.96. The molecule has 0 aromatic carbocycles. The van der Waals surface area contributed by atoms with Gasteiger partial charge in [-0.2, -0.15) is 0 Å². The van der Waals surface area contributed by atoms with Gasteiger partial charge in [0.1, 0.15) is 0 Å². The molecule has 0 aromatic rings. The summed E-state index contributed by atoms with van der Waals surface area (Å²) in [6.45, 7) is 3.59. The van der Waals surface area contributed by atoms with Gasteiger partial charge in [-0.25, -0.2) is 0 Å². The van der Waals surface area contributed by atoms with Crippen molar-refractivity contribution in [2.24, 2.45) is 0 Å². The molecule has 0 aliphatic rings. The van der Waals surface area contributed by atoms with Crippen molar-refractivity contribution >= 4 is 0 Å². The molecule has 0 amide bonds. The lowest BCUT2D eigenvalue weighted by molar-refractivity contribution is 0.471.